The first-order valence-corrected chi connectivity index (χ1v) is 10.4. The van der Waals surface area contributed by atoms with Gasteiger partial charge in [0.1, 0.15) is 11.6 Å². The van der Waals surface area contributed by atoms with Crippen molar-refractivity contribution in [1.82, 2.24) is 5.32 Å². The predicted molar refractivity (Wildman–Crippen MR) is 127 cm³/mol. The molecule has 6 nitrogen and oxygen atoms in total. The van der Waals surface area contributed by atoms with E-state index in [9.17, 15) is 14.0 Å². The number of benzene rings is 3. The number of hydrogen-bond acceptors (Lipinski definition) is 4. The minimum Gasteiger partial charge on any atom is -0.494 e. The highest BCUT2D eigenvalue weighted by atomic mass is 32.1. The Hall–Kier alpha value is -3.78. The minimum atomic E-state index is -0.384. The Kier molecular flexibility index (Phi) is 7.88. The lowest BCUT2D eigenvalue weighted by Crippen LogP contribution is -2.34. The lowest BCUT2D eigenvalue weighted by Gasteiger charge is -2.12. The van der Waals surface area contributed by atoms with Gasteiger partial charge in [-0.05, 0) is 79.3 Å². The number of halogens is 1. The highest BCUT2D eigenvalue weighted by Gasteiger charge is 2.11. The van der Waals surface area contributed by atoms with Gasteiger partial charge in [-0.15, -0.1) is 0 Å². The summed E-state index contributed by atoms with van der Waals surface area (Å²) in [5, 5.41) is 8.29. The summed E-state index contributed by atoms with van der Waals surface area (Å²) in [7, 11) is 0. The van der Waals surface area contributed by atoms with Crippen LogP contribution in [-0.4, -0.2) is 23.5 Å². The van der Waals surface area contributed by atoms with Crippen LogP contribution in [0, 0.1) is 5.82 Å². The number of nitrogens with one attached hydrogen (secondary N) is 3. The zero-order valence-corrected chi connectivity index (χ0v) is 18.2. The molecule has 0 aromatic heterocycles. The molecule has 3 rings (SSSR count). The molecule has 0 saturated heterocycles. The van der Waals surface area contributed by atoms with E-state index in [4.69, 9.17) is 17.0 Å². The molecular weight excluding hydrogens is 429 g/mol. The van der Waals surface area contributed by atoms with Crippen LogP contribution < -0.4 is 20.7 Å². The topological polar surface area (TPSA) is 79.5 Å². The smallest absolute Gasteiger partial charge is 0.257 e. The molecule has 164 valence electrons. The van der Waals surface area contributed by atoms with E-state index in [2.05, 4.69) is 16.0 Å². The fraction of sp³-hybridized carbons (Fsp3) is 0.125. The highest BCUT2D eigenvalue weighted by Crippen LogP contribution is 2.16. The first kappa shape index (κ1) is 22.9. The van der Waals surface area contributed by atoms with Gasteiger partial charge in [0.25, 0.3) is 11.8 Å². The molecule has 0 aliphatic heterocycles. The van der Waals surface area contributed by atoms with Crippen molar-refractivity contribution in [2.45, 2.75) is 13.3 Å². The maximum Gasteiger partial charge on any atom is 0.257 e. The Morgan fingerprint density at radius 1 is 0.875 bits per heavy atom. The largest absolute Gasteiger partial charge is 0.494 e. The SMILES string of the molecule is CCCOc1cccc(C(=O)NC(=S)Nc2cccc(C(=O)Nc3ccc(F)cc3)c2)c1. The van der Waals surface area contributed by atoms with Crippen molar-refractivity contribution in [1.29, 1.82) is 0 Å². The number of rotatable bonds is 7. The van der Waals surface area contributed by atoms with Crippen LogP contribution in [0.15, 0.2) is 72.8 Å². The maximum atomic E-state index is 13.0. The fourth-order valence-electron chi connectivity index (χ4n) is 2.76. The summed E-state index contributed by atoms with van der Waals surface area (Å²) in [4.78, 5) is 24.9. The number of carbonyl (C=O) groups is 2. The molecule has 0 aliphatic rings. The molecule has 3 N–H and O–H groups in total. The first-order chi connectivity index (χ1) is 15.4. The third-order valence-electron chi connectivity index (χ3n) is 4.28. The summed E-state index contributed by atoms with van der Waals surface area (Å²) in [5.41, 5.74) is 1.79. The van der Waals surface area contributed by atoms with E-state index >= 15 is 0 Å². The van der Waals surface area contributed by atoms with Gasteiger partial charge in [0.15, 0.2) is 5.11 Å². The van der Waals surface area contributed by atoms with Crippen LogP contribution in [0.3, 0.4) is 0 Å². The highest BCUT2D eigenvalue weighted by molar-refractivity contribution is 7.80. The monoisotopic (exact) mass is 451 g/mol. The van der Waals surface area contributed by atoms with Crippen molar-refractivity contribution in [2.24, 2.45) is 0 Å². The lowest BCUT2D eigenvalue weighted by molar-refractivity contribution is 0.0975. The van der Waals surface area contributed by atoms with E-state index in [1.807, 2.05) is 6.92 Å². The average Bonchev–Trinajstić information content (AvgIpc) is 2.79. The van der Waals surface area contributed by atoms with Crippen LogP contribution in [0.4, 0.5) is 15.8 Å². The second kappa shape index (κ2) is 11.0. The van der Waals surface area contributed by atoms with E-state index < -0.39 is 0 Å². The van der Waals surface area contributed by atoms with Gasteiger partial charge in [-0.3, -0.25) is 14.9 Å². The Balaban J connectivity index is 1.60. The van der Waals surface area contributed by atoms with Crippen molar-refractivity contribution < 1.29 is 18.7 Å². The molecule has 0 spiro atoms. The molecule has 0 atom stereocenters. The molecule has 0 radical (unpaired) electrons. The Bertz CT molecular complexity index is 1120. The number of amides is 2. The van der Waals surface area contributed by atoms with Crippen LogP contribution in [-0.2, 0) is 0 Å². The Morgan fingerprint density at radius 2 is 1.56 bits per heavy atom. The molecule has 0 unspecified atom stereocenters. The molecule has 3 aromatic carbocycles. The van der Waals surface area contributed by atoms with Crippen LogP contribution in [0.1, 0.15) is 34.1 Å². The molecule has 0 saturated carbocycles. The Morgan fingerprint density at radius 3 is 2.28 bits per heavy atom. The minimum absolute atomic E-state index is 0.0889. The summed E-state index contributed by atoms with van der Waals surface area (Å²) in [6, 6.07) is 18.9. The predicted octanol–water partition coefficient (Wildman–Crippen LogP) is 4.99. The van der Waals surface area contributed by atoms with E-state index in [0.29, 0.717) is 34.9 Å². The summed E-state index contributed by atoms with van der Waals surface area (Å²) in [6.45, 7) is 2.57. The van der Waals surface area contributed by atoms with Crippen molar-refractivity contribution in [2.75, 3.05) is 17.2 Å². The lowest BCUT2D eigenvalue weighted by atomic mass is 10.2. The molecule has 2 amide bonds. The van der Waals surface area contributed by atoms with Gasteiger partial charge in [-0.25, -0.2) is 4.39 Å². The third-order valence-corrected chi connectivity index (χ3v) is 4.48. The molecule has 32 heavy (non-hydrogen) atoms. The van der Waals surface area contributed by atoms with E-state index in [0.717, 1.165) is 6.42 Å². The van der Waals surface area contributed by atoms with Crippen molar-refractivity contribution in [3.8, 4) is 5.75 Å². The molecule has 3 aromatic rings. The van der Waals surface area contributed by atoms with Gasteiger partial charge in [-0.1, -0.05) is 19.1 Å². The van der Waals surface area contributed by atoms with Gasteiger partial charge in [0.05, 0.1) is 6.61 Å². The number of thiocarbonyl (C=S) groups is 1. The van der Waals surface area contributed by atoms with Crippen LogP contribution in [0.2, 0.25) is 0 Å². The summed E-state index contributed by atoms with van der Waals surface area (Å²) >= 11 is 5.23. The van der Waals surface area contributed by atoms with Crippen molar-refractivity contribution in [3.05, 3.63) is 89.7 Å². The van der Waals surface area contributed by atoms with E-state index in [1.54, 1.807) is 48.5 Å². The summed E-state index contributed by atoms with van der Waals surface area (Å²) in [5.74, 6) is -0.517. The summed E-state index contributed by atoms with van der Waals surface area (Å²) < 4.78 is 18.6. The summed E-state index contributed by atoms with van der Waals surface area (Å²) in [6.07, 6.45) is 0.866. The second-order valence-corrected chi connectivity index (χ2v) is 7.23. The van der Waals surface area contributed by atoms with Gasteiger partial charge in [0, 0.05) is 22.5 Å². The number of ether oxygens (including phenoxy) is 1. The normalized spacial score (nSPS) is 10.2. The Labute approximate surface area is 190 Å². The number of anilines is 2. The number of hydrogen-bond donors (Lipinski definition) is 3. The van der Waals surface area contributed by atoms with Gasteiger partial charge < -0.3 is 15.4 Å². The molecule has 0 fully saturated rings. The maximum absolute atomic E-state index is 13.0. The molecular formula is C24H22FN3O3S. The van der Waals surface area contributed by atoms with Crippen LogP contribution >= 0.6 is 12.2 Å². The zero-order valence-electron chi connectivity index (χ0n) is 17.4. The molecule has 0 aliphatic carbocycles. The third kappa shape index (κ3) is 6.61. The quantitative estimate of drug-likeness (QED) is 0.441. The van der Waals surface area contributed by atoms with E-state index in [1.165, 1.54) is 24.3 Å². The van der Waals surface area contributed by atoms with Gasteiger partial charge >= 0.3 is 0 Å². The zero-order chi connectivity index (χ0) is 22.9. The van der Waals surface area contributed by atoms with E-state index in [-0.39, 0.29) is 22.7 Å². The average molecular weight is 452 g/mol. The fourth-order valence-corrected chi connectivity index (χ4v) is 2.97. The number of carbonyl (C=O) groups excluding carboxylic acids is 2. The molecule has 8 heteroatoms. The van der Waals surface area contributed by atoms with Crippen LogP contribution in [0.5, 0.6) is 5.75 Å². The van der Waals surface area contributed by atoms with Gasteiger partial charge in [-0.2, -0.15) is 0 Å². The molecule has 0 bridgehead atoms. The molecule has 0 heterocycles. The second-order valence-electron chi connectivity index (χ2n) is 6.83. The van der Waals surface area contributed by atoms with Crippen molar-refractivity contribution in [3.63, 3.8) is 0 Å². The van der Waals surface area contributed by atoms with Crippen LogP contribution in [0.25, 0.3) is 0 Å². The van der Waals surface area contributed by atoms with Gasteiger partial charge in [0.2, 0.25) is 0 Å². The van der Waals surface area contributed by atoms with Crippen molar-refractivity contribution >= 4 is 40.5 Å². The first-order valence-electron chi connectivity index (χ1n) is 9.97. The standard InChI is InChI=1S/C24H22FN3O3S/c1-2-13-31-21-8-4-6-17(15-21)23(30)28-24(32)27-20-7-3-5-16(14-20)22(29)26-19-11-9-18(25)10-12-19/h3-12,14-15H,2,13H2,1H3,(H,26,29)(H2,27,28,30,32).